The molecule has 1 heterocycles. The quantitative estimate of drug-likeness (QED) is 0.834. The molecule has 0 saturated carbocycles. The molecule has 0 aliphatic carbocycles. The van der Waals surface area contributed by atoms with E-state index in [1.165, 1.54) is 6.92 Å². The van der Waals surface area contributed by atoms with Crippen LogP contribution in [0.2, 0.25) is 0 Å². The lowest BCUT2D eigenvalue weighted by molar-refractivity contribution is -0.121. The first-order chi connectivity index (χ1) is 12.0. The molecule has 0 aromatic heterocycles. The SMILES string of the molecule is CCN(CC)C(=O)N1CCC(C(=O)Nc2ccc(C(C)=O)cc2)CC1. The molecule has 1 aliphatic heterocycles. The summed E-state index contributed by atoms with van der Waals surface area (Å²) in [6, 6.07) is 6.97. The van der Waals surface area contributed by atoms with Crippen molar-refractivity contribution >= 4 is 23.4 Å². The number of nitrogens with zero attached hydrogens (tertiary/aromatic N) is 2. The minimum absolute atomic E-state index is 0.00289. The van der Waals surface area contributed by atoms with E-state index >= 15 is 0 Å². The van der Waals surface area contributed by atoms with Gasteiger partial charge < -0.3 is 15.1 Å². The predicted octanol–water partition coefficient (Wildman–Crippen LogP) is 3.00. The maximum Gasteiger partial charge on any atom is 0.319 e. The Bertz CT molecular complexity index is 615. The Balaban J connectivity index is 1.86. The summed E-state index contributed by atoms with van der Waals surface area (Å²) >= 11 is 0. The number of carbonyl (C=O) groups excluding carboxylic acids is 3. The van der Waals surface area contributed by atoms with Crippen LogP contribution in [0.5, 0.6) is 0 Å². The topological polar surface area (TPSA) is 69.7 Å². The van der Waals surface area contributed by atoms with Crippen LogP contribution in [-0.2, 0) is 4.79 Å². The van der Waals surface area contributed by atoms with Crippen molar-refractivity contribution in [1.29, 1.82) is 0 Å². The number of piperidine rings is 1. The van der Waals surface area contributed by atoms with E-state index in [9.17, 15) is 14.4 Å². The molecule has 1 saturated heterocycles. The van der Waals surface area contributed by atoms with Crippen LogP contribution in [0.25, 0.3) is 0 Å². The summed E-state index contributed by atoms with van der Waals surface area (Å²) in [5, 5.41) is 2.90. The molecule has 136 valence electrons. The van der Waals surface area contributed by atoms with Crippen molar-refractivity contribution in [3.63, 3.8) is 0 Å². The van der Waals surface area contributed by atoms with E-state index in [1.54, 1.807) is 29.2 Å². The number of benzene rings is 1. The molecular weight excluding hydrogens is 318 g/mol. The van der Waals surface area contributed by atoms with Crippen molar-refractivity contribution in [1.82, 2.24) is 9.80 Å². The Morgan fingerprint density at radius 3 is 2.12 bits per heavy atom. The van der Waals surface area contributed by atoms with Crippen LogP contribution in [0.4, 0.5) is 10.5 Å². The molecule has 6 heteroatoms. The number of nitrogens with one attached hydrogen (secondary N) is 1. The van der Waals surface area contributed by atoms with Crippen LogP contribution in [0.3, 0.4) is 0 Å². The zero-order chi connectivity index (χ0) is 18.4. The van der Waals surface area contributed by atoms with E-state index in [0.717, 1.165) is 0 Å². The van der Waals surface area contributed by atoms with E-state index in [-0.39, 0.29) is 23.6 Å². The number of carbonyl (C=O) groups is 3. The van der Waals surface area contributed by atoms with Gasteiger partial charge in [-0.05, 0) is 57.9 Å². The fraction of sp³-hybridized carbons (Fsp3) is 0.526. The molecule has 0 bridgehead atoms. The third-order valence-electron chi connectivity index (χ3n) is 4.73. The van der Waals surface area contributed by atoms with Gasteiger partial charge in [0.2, 0.25) is 5.91 Å². The Labute approximate surface area is 149 Å². The molecule has 1 aromatic rings. The zero-order valence-corrected chi connectivity index (χ0v) is 15.2. The molecule has 0 radical (unpaired) electrons. The van der Waals surface area contributed by atoms with Gasteiger partial charge in [0.15, 0.2) is 5.78 Å². The lowest BCUT2D eigenvalue weighted by atomic mass is 9.96. The first-order valence-electron chi connectivity index (χ1n) is 8.92. The largest absolute Gasteiger partial charge is 0.326 e. The summed E-state index contributed by atoms with van der Waals surface area (Å²) < 4.78 is 0. The summed E-state index contributed by atoms with van der Waals surface area (Å²) in [7, 11) is 0. The second kappa shape index (κ2) is 8.65. The van der Waals surface area contributed by atoms with Gasteiger partial charge in [-0.1, -0.05) is 0 Å². The highest BCUT2D eigenvalue weighted by atomic mass is 16.2. The highest BCUT2D eigenvalue weighted by Gasteiger charge is 2.28. The summed E-state index contributed by atoms with van der Waals surface area (Å²) in [6.07, 6.45) is 1.34. The number of anilines is 1. The van der Waals surface area contributed by atoms with Crippen molar-refractivity contribution < 1.29 is 14.4 Å². The number of likely N-dealkylation sites (tertiary alicyclic amines) is 1. The molecule has 0 unspecified atom stereocenters. The maximum atomic E-state index is 12.4. The number of hydrogen-bond donors (Lipinski definition) is 1. The van der Waals surface area contributed by atoms with Crippen molar-refractivity contribution in [2.75, 3.05) is 31.5 Å². The molecule has 1 aliphatic rings. The van der Waals surface area contributed by atoms with Crippen molar-refractivity contribution in [2.24, 2.45) is 5.92 Å². The third-order valence-corrected chi connectivity index (χ3v) is 4.73. The van der Waals surface area contributed by atoms with Gasteiger partial charge in [0, 0.05) is 43.3 Å². The molecule has 1 N–H and O–H groups in total. The average Bonchev–Trinajstić information content (AvgIpc) is 2.63. The number of rotatable bonds is 5. The number of urea groups is 1. The first kappa shape index (κ1) is 19.0. The van der Waals surface area contributed by atoms with Crippen LogP contribution in [0, 0.1) is 5.92 Å². The number of amides is 3. The fourth-order valence-corrected chi connectivity index (χ4v) is 3.06. The minimum Gasteiger partial charge on any atom is -0.326 e. The van der Waals surface area contributed by atoms with E-state index in [4.69, 9.17) is 0 Å². The Kier molecular flexibility index (Phi) is 6.56. The minimum atomic E-state index is -0.0896. The van der Waals surface area contributed by atoms with Gasteiger partial charge in [0.25, 0.3) is 0 Å². The van der Waals surface area contributed by atoms with Crippen molar-refractivity contribution in [3.05, 3.63) is 29.8 Å². The van der Waals surface area contributed by atoms with Crippen LogP contribution >= 0.6 is 0 Å². The fourth-order valence-electron chi connectivity index (χ4n) is 3.06. The Morgan fingerprint density at radius 2 is 1.64 bits per heavy atom. The molecule has 25 heavy (non-hydrogen) atoms. The summed E-state index contributed by atoms with van der Waals surface area (Å²) in [5.74, 6) is -0.109. The van der Waals surface area contributed by atoms with Gasteiger partial charge in [-0.15, -0.1) is 0 Å². The third kappa shape index (κ3) is 4.81. The molecule has 3 amide bonds. The van der Waals surface area contributed by atoms with Crippen LogP contribution < -0.4 is 5.32 Å². The normalized spacial score (nSPS) is 14.9. The lowest BCUT2D eigenvalue weighted by Gasteiger charge is -2.34. The van der Waals surface area contributed by atoms with Gasteiger partial charge in [0.05, 0.1) is 0 Å². The Hall–Kier alpha value is -2.37. The molecule has 2 rings (SSSR count). The highest BCUT2D eigenvalue weighted by molar-refractivity contribution is 5.96. The van der Waals surface area contributed by atoms with E-state index in [2.05, 4.69) is 5.32 Å². The number of Topliss-reactive ketones (excluding diaryl/α,β-unsaturated/α-hetero) is 1. The molecule has 0 spiro atoms. The van der Waals surface area contributed by atoms with Gasteiger partial charge in [-0.3, -0.25) is 9.59 Å². The zero-order valence-electron chi connectivity index (χ0n) is 15.2. The molecular formula is C19H27N3O3. The number of ketones is 1. The molecule has 6 nitrogen and oxygen atoms in total. The second-order valence-corrected chi connectivity index (χ2v) is 6.34. The molecule has 0 atom stereocenters. The maximum absolute atomic E-state index is 12.4. The predicted molar refractivity (Wildman–Crippen MR) is 97.7 cm³/mol. The van der Waals surface area contributed by atoms with E-state index in [1.807, 2.05) is 18.7 Å². The summed E-state index contributed by atoms with van der Waals surface area (Å²) in [6.45, 7) is 8.07. The van der Waals surface area contributed by atoms with E-state index < -0.39 is 0 Å². The standard InChI is InChI=1S/C19H27N3O3/c1-4-21(5-2)19(25)22-12-10-16(11-13-22)18(24)20-17-8-6-15(7-9-17)14(3)23/h6-9,16H,4-5,10-13H2,1-3H3,(H,20,24). The highest BCUT2D eigenvalue weighted by Crippen LogP contribution is 2.21. The average molecular weight is 345 g/mol. The second-order valence-electron chi connectivity index (χ2n) is 6.34. The van der Waals surface area contributed by atoms with Gasteiger partial charge >= 0.3 is 6.03 Å². The Morgan fingerprint density at radius 1 is 1.08 bits per heavy atom. The summed E-state index contributed by atoms with van der Waals surface area (Å²) in [5.41, 5.74) is 1.32. The van der Waals surface area contributed by atoms with Crippen molar-refractivity contribution in [2.45, 2.75) is 33.6 Å². The van der Waals surface area contributed by atoms with Crippen LogP contribution in [0.1, 0.15) is 44.0 Å². The molecule has 1 aromatic carbocycles. The van der Waals surface area contributed by atoms with Gasteiger partial charge in [-0.25, -0.2) is 4.79 Å². The molecule has 1 fully saturated rings. The van der Waals surface area contributed by atoms with E-state index in [0.29, 0.717) is 50.3 Å². The summed E-state index contributed by atoms with van der Waals surface area (Å²) in [4.78, 5) is 39.7. The first-order valence-corrected chi connectivity index (χ1v) is 8.92. The number of hydrogen-bond acceptors (Lipinski definition) is 3. The van der Waals surface area contributed by atoms with Crippen LogP contribution in [-0.4, -0.2) is 53.7 Å². The smallest absolute Gasteiger partial charge is 0.319 e. The monoisotopic (exact) mass is 345 g/mol. The van der Waals surface area contributed by atoms with Gasteiger partial charge in [0.1, 0.15) is 0 Å². The lowest BCUT2D eigenvalue weighted by Crippen LogP contribution is -2.47. The van der Waals surface area contributed by atoms with Crippen molar-refractivity contribution in [3.8, 4) is 0 Å². The van der Waals surface area contributed by atoms with Crippen LogP contribution in [0.15, 0.2) is 24.3 Å². The van der Waals surface area contributed by atoms with Gasteiger partial charge in [-0.2, -0.15) is 0 Å².